The molecule has 0 fully saturated rings. The van der Waals surface area contributed by atoms with Gasteiger partial charge < -0.3 is 15.4 Å². The number of benzene rings is 3. The number of alkyl carbamates (subject to hydrolysis) is 1. The van der Waals surface area contributed by atoms with Crippen molar-refractivity contribution in [1.29, 1.82) is 0 Å². The Morgan fingerprint density at radius 3 is 2.18 bits per heavy atom. The van der Waals surface area contributed by atoms with Gasteiger partial charge in [0.15, 0.2) is 0 Å². The molecule has 0 aliphatic heterocycles. The van der Waals surface area contributed by atoms with E-state index in [9.17, 15) is 4.79 Å². The van der Waals surface area contributed by atoms with Gasteiger partial charge in [-0.1, -0.05) is 72.8 Å². The third kappa shape index (κ3) is 6.65. The van der Waals surface area contributed by atoms with E-state index in [0.29, 0.717) is 6.54 Å². The second kappa shape index (κ2) is 10.6. The number of carbonyl (C=O) groups excluding carboxylic acids is 1. The highest BCUT2D eigenvalue weighted by atomic mass is 16.5. The largest absolute Gasteiger partial charge is 0.445 e. The lowest BCUT2D eigenvalue weighted by molar-refractivity contribution is 0.140. The number of hydrogen-bond acceptors (Lipinski definition) is 3. The van der Waals surface area contributed by atoms with E-state index in [-0.39, 0.29) is 6.61 Å². The van der Waals surface area contributed by atoms with Crippen molar-refractivity contribution in [2.75, 3.05) is 11.9 Å². The summed E-state index contributed by atoms with van der Waals surface area (Å²) >= 11 is 0. The Morgan fingerprint density at radius 1 is 0.821 bits per heavy atom. The molecule has 0 spiro atoms. The number of para-hydroxylation sites is 1. The minimum atomic E-state index is -0.395. The fraction of sp³-hybridized carbons (Fsp3) is 0.125. The van der Waals surface area contributed by atoms with Gasteiger partial charge in [-0.15, -0.1) is 0 Å². The lowest BCUT2D eigenvalue weighted by Gasteiger charge is -2.06. The standard InChI is InChI=1S/C24H24N2O2/c27-24(28-19-21-10-3-1-4-11-21)25-18-8-7-9-20-14-16-23(17-15-20)26-22-12-5-2-6-13-22/h1-7,9-17,26H,8,18-19H2,(H,25,27). The molecular weight excluding hydrogens is 348 g/mol. The number of amides is 1. The van der Waals surface area contributed by atoms with Crippen LogP contribution < -0.4 is 10.6 Å². The quantitative estimate of drug-likeness (QED) is 0.494. The van der Waals surface area contributed by atoms with E-state index >= 15 is 0 Å². The SMILES string of the molecule is O=C(NCCC=Cc1ccc(Nc2ccccc2)cc1)OCc1ccccc1. The first-order valence-electron chi connectivity index (χ1n) is 9.33. The van der Waals surface area contributed by atoms with Crippen molar-refractivity contribution >= 4 is 23.5 Å². The zero-order valence-electron chi connectivity index (χ0n) is 15.7. The smallest absolute Gasteiger partial charge is 0.407 e. The summed E-state index contributed by atoms with van der Waals surface area (Å²) < 4.78 is 5.17. The van der Waals surface area contributed by atoms with Crippen LogP contribution in [-0.2, 0) is 11.3 Å². The van der Waals surface area contributed by atoms with Gasteiger partial charge in [0.1, 0.15) is 6.61 Å². The molecule has 0 aromatic heterocycles. The molecule has 0 heterocycles. The third-order valence-corrected chi connectivity index (χ3v) is 4.08. The van der Waals surface area contributed by atoms with Crippen molar-refractivity contribution in [3.05, 3.63) is 102 Å². The van der Waals surface area contributed by atoms with Crippen molar-refractivity contribution in [1.82, 2.24) is 5.32 Å². The Hall–Kier alpha value is -3.53. The van der Waals surface area contributed by atoms with Gasteiger partial charge in [0.2, 0.25) is 0 Å². The Labute approximate surface area is 165 Å². The lowest BCUT2D eigenvalue weighted by Crippen LogP contribution is -2.24. The number of rotatable bonds is 8. The fourth-order valence-electron chi connectivity index (χ4n) is 2.62. The number of ether oxygens (including phenoxy) is 1. The summed E-state index contributed by atoms with van der Waals surface area (Å²) in [4.78, 5) is 11.7. The van der Waals surface area contributed by atoms with Crippen LogP contribution in [0.15, 0.2) is 91.0 Å². The molecule has 0 saturated carbocycles. The van der Waals surface area contributed by atoms with Crippen LogP contribution in [0.2, 0.25) is 0 Å². The van der Waals surface area contributed by atoms with E-state index in [1.165, 1.54) is 0 Å². The average Bonchev–Trinajstić information content (AvgIpc) is 2.75. The second-order valence-corrected chi connectivity index (χ2v) is 6.29. The number of hydrogen-bond donors (Lipinski definition) is 2. The van der Waals surface area contributed by atoms with E-state index in [1.807, 2.05) is 84.9 Å². The third-order valence-electron chi connectivity index (χ3n) is 4.08. The highest BCUT2D eigenvalue weighted by molar-refractivity contribution is 5.67. The summed E-state index contributed by atoms with van der Waals surface area (Å²) in [6.45, 7) is 0.823. The summed E-state index contributed by atoms with van der Waals surface area (Å²) in [7, 11) is 0. The Bertz CT molecular complexity index is 875. The summed E-state index contributed by atoms with van der Waals surface area (Å²) in [5.41, 5.74) is 4.20. The van der Waals surface area contributed by atoms with Crippen LogP contribution in [0.4, 0.5) is 16.2 Å². The molecule has 4 nitrogen and oxygen atoms in total. The zero-order chi connectivity index (χ0) is 19.4. The molecule has 0 bridgehead atoms. The number of nitrogens with one attached hydrogen (secondary N) is 2. The molecule has 3 rings (SSSR count). The van der Waals surface area contributed by atoms with E-state index in [1.54, 1.807) is 0 Å². The highest BCUT2D eigenvalue weighted by Crippen LogP contribution is 2.17. The Morgan fingerprint density at radius 2 is 1.46 bits per heavy atom. The molecule has 4 heteroatoms. The first-order valence-corrected chi connectivity index (χ1v) is 9.33. The van der Waals surface area contributed by atoms with Gasteiger partial charge in [0.25, 0.3) is 0 Å². The van der Waals surface area contributed by atoms with Crippen LogP contribution in [0.1, 0.15) is 17.5 Å². The van der Waals surface area contributed by atoms with E-state index < -0.39 is 6.09 Å². The van der Waals surface area contributed by atoms with Gasteiger partial charge in [0, 0.05) is 17.9 Å². The maximum absolute atomic E-state index is 11.7. The summed E-state index contributed by atoms with van der Waals surface area (Å²) in [5, 5.41) is 6.11. The van der Waals surface area contributed by atoms with Gasteiger partial charge in [0.05, 0.1) is 0 Å². The van der Waals surface area contributed by atoms with Gasteiger partial charge in [-0.25, -0.2) is 4.79 Å². The van der Waals surface area contributed by atoms with E-state index in [4.69, 9.17) is 4.74 Å². The molecule has 2 N–H and O–H groups in total. The molecule has 0 aliphatic rings. The first kappa shape index (κ1) is 19.2. The highest BCUT2D eigenvalue weighted by Gasteiger charge is 2.00. The summed E-state index contributed by atoms with van der Waals surface area (Å²) in [6, 6.07) is 27.9. The average molecular weight is 372 g/mol. The number of anilines is 2. The molecule has 0 aliphatic carbocycles. The van der Waals surface area contributed by atoms with Crippen molar-refractivity contribution < 1.29 is 9.53 Å². The zero-order valence-corrected chi connectivity index (χ0v) is 15.7. The Balaban J connectivity index is 1.35. The molecular formula is C24H24N2O2. The summed E-state index contributed by atoms with van der Waals surface area (Å²) in [6.07, 6.45) is 4.43. The minimum Gasteiger partial charge on any atom is -0.445 e. The van der Waals surface area contributed by atoms with Crippen LogP contribution in [0.3, 0.4) is 0 Å². The lowest BCUT2D eigenvalue weighted by atomic mass is 10.1. The van der Waals surface area contributed by atoms with Crippen LogP contribution in [0.5, 0.6) is 0 Å². The van der Waals surface area contributed by atoms with Crippen LogP contribution in [-0.4, -0.2) is 12.6 Å². The van der Waals surface area contributed by atoms with Gasteiger partial charge >= 0.3 is 6.09 Å². The topological polar surface area (TPSA) is 50.4 Å². The van der Waals surface area contributed by atoms with Crippen molar-refractivity contribution in [2.24, 2.45) is 0 Å². The summed E-state index contributed by atoms with van der Waals surface area (Å²) in [5.74, 6) is 0. The molecule has 142 valence electrons. The number of carbonyl (C=O) groups is 1. The van der Waals surface area contributed by atoms with Crippen molar-refractivity contribution in [2.45, 2.75) is 13.0 Å². The molecule has 3 aromatic carbocycles. The van der Waals surface area contributed by atoms with Crippen molar-refractivity contribution in [3.8, 4) is 0 Å². The van der Waals surface area contributed by atoms with E-state index in [2.05, 4.69) is 22.8 Å². The van der Waals surface area contributed by atoms with Crippen molar-refractivity contribution in [3.63, 3.8) is 0 Å². The Kier molecular flexibility index (Phi) is 7.27. The second-order valence-electron chi connectivity index (χ2n) is 6.29. The normalized spacial score (nSPS) is 10.6. The molecule has 1 amide bonds. The van der Waals surface area contributed by atoms with Gasteiger partial charge in [-0.05, 0) is 41.8 Å². The van der Waals surface area contributed by atoms with Crippen LogP contribution in [0, 0.1) is 0 Å². The van der Waals surface area contributed by atoms with Crippen LogP contribution in [0.25, 0.3) is 6.08 Å². The molecule has 0 radical (unpaired) electrons. The molecule has 28 heavy (non-hydrogen) atoms. The predicted molar refractivity (Wildman–Crippen MR) is 114 cm³/mol. The molecule has 0 saturated heterocycles. The monoisotopic (exact) mass is 372 g/mol. The van der Waals surface area contributed by atoms with Gasteiger partial charge in [-0.2, -0.15) is 0 Å². The van der Waals surface area contributed by atoms with Crippen LogP contribution >= 0.6 is 0 Å². The first-order chi connectivity index (χ1) is 13.8. The predicted octanol–water partition coefficient (Wildman–Crippen LogP) is 5.76. The minimum absolute atomic E-state index is 0.284. The maximum Gasteiger partial charge on any atom is 0.407 e. The molecule has 0 atom stereocenters. The molecule has 3 aromatic rings. The van der Waals surface area contributed by atoms with E-state index in [0.717, 1.165) is 28.9 Å². The molecule has 0 unspecified atom stereocenters. The van der Waals surface area contributed by atoms with Gasteiger partial charge in [-0.3, -0.25) is 0 Å². The fourth-order valence-corrected chi connectivity index (χ4v) is 2.62. The maximum atomic E-state index is 11.7.